The smallest absolute Gasteiger partial charge is 0.163 e. The van der Waals surface area contributed by atoms with Crippen LogP contribution in [0, 0.1) is 0 Å². The molecule has 0 unspecified atom stereocenters. The first-order chi connectivity index (χ1) is 5.79. The van der Waals surface area contributed by atoms with Gasteiger partial charge in [-0.3, -0.25) is 0 Å². The van der Waals surface area contributed by atoms with Gasteiger partial charge in [0.2, 0.25) is 0 Å². The minimum absolute atomic E-state index is 0. The molecule has 0 saturated carbocycles. The van der Waals surface area contributed by atoms with E-state index in [1.165, 1.54) is 5.70 Å². The van der Waals surface area contributed by atoms with Crippen LogP contribution in [0.3, 0.4) is 0 Å². The highest BCUT2D eigenvalue weighted by molar-refractivity contribution is 5.67. The zero-order chi connectivity index (χ0) is 10.1. The van der Waals surface area contributed by atoms with Crippen molar-refractivity contribution in [2.75, 3.05) is 0 Å². The Hall–Kier alpha value is -0.0600. The summed E-state index contributed by atoms with van der Waals surface area (Å²) in [5.74, 6) is 0. The van der Waals surface area contributed by atoms with Crippen LogP contribution in [0.15, 0.2) is 11.8 Å². The van der Waals surface area contributed by atoms with Crippen molar-refractivity contribution in [1.82, 2.24) is 5.32 Å². The van der Waals surface area contributed by atoms with E-state index in [4.69, 9.17) is 0 Å². The first-order valence-electron chi connectivity index (χ1n) is 4.87. The third-order valence-electron chi connectivity index (χ3n) is 1.93. The minimum atomic E-state index is 0. The quantitative estimate of drug-likeness (QED) is 0.519. The van der Waals surface area contributed by atoms with Gasteiger partial charge < -0.3 is 29.3 Å². The van der Waals surface area contributed by atoms with E-state index in [2.05, 4.69) is 51.0 Å². The molecule has 2 nitrogen and oxygen atoms in total. The molecule has 1 heterocycles. The van der Waals surface area contributed by atoms with Crippen molar-refractivity contribution in [2.45, 2.75) is 52.1 Å². The van der Waals surface area contributed by atoms with Gasteiger partial charge in [-0.1, -0.05) is 0 Å². The van der Waals surface area contributed by atoms with Gasteiger partial charge in [-0.05, 0) is 20.8 Å². The zero-order valence-corrected chi connectivity index (χ0v) is 11.9. The molecule has 1 aliphatic heterocycles. The van der Waals surface area contributed by atoms with Crippen molar-refractivity contribution in [2.24, 2.45) is 0 Å². The lowest BCUT2D eigenvalue weighted by molar-refractivity contribution is -0.540. The van der Waals surface area contributed by atoms with Crippen LogP contribution in [0.25, 0.3) is 0 Å². The molecule has 0 atom stereocenters. The standard InChI is InChI=1S/C11H20N2.HI/c1-10(2,3)13-9-6-7-12-11(4,5)8-9;/h6-7,13H,8H2,1-5H3;1H. The predicted octanol–water partition coefficient (Wildman–Crippen LogP) is -2.40. The Kier molecular flexibility index (Phi) is 4.62. The molecule has 0 spiro atoms. The predicted molar refractivity (Wildman–Crippen MR) is 56.7 cm³/mol. The van der Waals surface area contributed by atoms with Gasteiger partial charge in [0.25, 0.3) is 0 Å². The maximum atomic E-state index is 3.50. The van der Waals surface area contributed by atoms with E-state index >= 15 is 0 Å². The Morgan fingerprint density at radius 3 is 2.36 bits per heavy atom. The summed E-state index contributed by atoms with van der Waals surface area (Å²) in [5.41, 5.74) is 1.66. The summed E-state index contributed by atoms with van der Waals surface area (Å²) in [4.78, 5) is 3.33. The molecule has 14 heavy (non-hydrogen) atoms. The third-order valence-corrected chi connectivity index (χ3v) is 1.93. The van der Waals surface area contributed by atoms with Gasteiger partial charge >= 0.3 is 0 Å². The topological polar surface area (TPSA) is 26.0 Å². The summed E-state index contributed by atoms with van der Waals surface area (Å²) in [5, 5.41) is 3.50. The zero-order valence-electron chi connectivity index (χ0n) is 9.74. The summed E-state index contributed by atoms with van der Waals surface area (Å²) in [6, 6.07) is 0. The molecule has 1 aliphatic rings. The molecule has 0 bridgehead atoms. The van der Waals surface area contributed by atoms with Crippen molar-refractivity contribution in [3.05, 3.63) is 11.8 Å². The summed E-state index contributed by atoms with van der Waals surface area (Å²) in [6.45, 7) is 11.0. The van der Waals surface area contributed by atoms with Gasteiger partial charge in [0.15, 0.2) is 11.8 Å². The number of hydrogen-bond acceptors (Lipinski definition) is 1. The molecule has 0 aromatic carbocycles. The fraction of sp³-hybridized carbons (Fsp3) is 0.727. The van der Waals surface area contributed by atoms with E-state index in [0.717, 1.165) is 6.42 Å². The second kappa shape index (κ2) is 4.64. The third kappa shape index (κ3) is 4.98. The number of nitrogens with one attached hydrogen (secondary N) is 2. The van der Waals surface area contributed by atoms with Crippen LogP contribution in [0.2, 0.25) is 0 Å². The largest absolute Gasteiger partial charge is 1.00 e. The Balaban J connectivity index is 0.00000169. The number of allylic oxidation sites excluding steroid dienone is 1. The van der Waals surface area contributed by atoms with Crippen molar-refractivity contribution in [3.8, 4) is 0 Å². The average molecular weight is 308 g/mol. The summed E-state index contributed by atoms with van der Waals surface area (Å²) in [6.07, 6.45) is 5.20. The normalized spacial score (nSPS) is 19.6. The van der Waals surface area contributed by atoms with Crippen LogP contribution in [-0.2, 0) is 0 Å². The lowest BCUT2D eigenvalue weighted by Crippen LogP contribution is -3.00. The van der Waals surface area contributed by atoms with Gasteiger partial charge in [0.1, 0.15) is 0 Å². The van der Waals surface area contributed by atoms with E-state index in [1.807, 2.05) is 6.21 Å². The fourth-order valence-electron chi connectivity index (χ4n) is 1.52. The average Bonchev–Trinajstić information content (AvgIpc) is 1.79. The molecule has 0 fully saturated rings. The van der Waals surface area contributed by atoms with Crippen LogP contribution in [0.1, 0.15) is 41.0 Å². The molecular weight excluding hydrogens is 287 g/mol. The van der Waals surface area contributed by atoms with E-state index in [1.54, 1.807) is 0 Å². The Bertz CT molecular complexity index is 247. The summed E-state index contributed by atoms with van der Waals surface area (Å²) < 4.78 is 0. The molecule has 0 aliphatic carbocycles. The van der Waals surface area contributed by atoms with Gasteiger partial charge in [-0.15, -0.1) is 0 Å². The van der Waals surface area contributed by atoms with E-state index < -0.39 is 0 Å². The van der Waals surface area contributed by atoms with Crippen molar-refractivity contribution >= 4 is 6.21 Å². The SMILES string of the molecule is CC(C)(C)NC1=CC=[NH+]C(C)(C)C1.[I-]. The maximum absolute atomic E-state index is 3.50. The maximum Gasteiger partial charge on any atom is 0.163 e. The fourth-order valence-corrected chi connectivity index (χ4v) is 1.52. The number of rotatable bonds is 1. The molecule has 0 amide bonds. The Labute approximate surface area is 104 Å². The second-order valence-corrected chi connectivity index (χ2v) is 5.44. The monoisotopic (exact) mass is 308 g/mol. The highest BCUT2D eigenvalue weighted by Crippen LogP contribution is 2.13. The number of hydrogen-bond donors (Lipinski definition) is 2. The molecule has 2 N–H and O–H groups in total. The minimum Gasteiger partial charge on any atom is -1.00 e. The van der Waals surface area contributed by atoms with E-state index in [-0.39, 0.29) is 35.1 Å². The van der Waals surface area contributed by atoms with Crippen molar-refractivity contribution in [1.29, 1.82) is 0 Å². The van der Waals surface area contributed by atoms with Gasteiger partial charge in [0.05, 0.1) is 6.42 Å². The van der Waals surface area contributed by atoms with Crippen LogP contribution in [0.4, 0.5) is 0 Å². The number of halogens is 1. The lowest BCUT2D eigenvalue weighted by atomic mass is 9.95. The summed E-state index contributed by atoms with van der Waals surface area (Å²) >= 11 is 0. The van der Waals surface area contributed by atoms with E-state index in [0.29, 0.717) is 0 Å². The molecule has 0 aromatic heterocycles. The molecule has 0 radical (unpaired) electrons. The Morgan fingerprint density at radius 1 is 1.36 bits per heavy atom. The molecule has 1 rings (SSSR count). The van der Waals surface area contributed by atoms with Crippen LogP contribution < -0.4 is 34.3 Å². The van der Waals surface area contributed by atoms with Gasteiger partial charge in [-0.2, -0.15) is 0 Å². The van der Waals surface area contributed by atoms with Crippen molar-refractivity contribution in [3.63, 3.8) is 0 Å². The molecule has 82 valence electrons. The lowest BCUT2D eigenvalue weighted by Gasteiger charge is -2.27. The highest BCUT2D eigenvalue weighted by Gasteiger charge is 2.27. The summed E-state index contributed by atoms with van der Waals surface area (Å²) in [7, 11) is 0. The van der Waals surface area contributed by atoms with E-state index in [9.17, 15) is 0 Å². The van der Waals surface area contributed by atoms with Crippen molar-refractivity contribution < 1.29 is 29.0 Å². The Morgan fingerprint density at radius 2 is 1.93 bits per heavy atom. The molecule has 0 aromatic rings. The van der Waals surface area contributed by atoms with Gasteiger partial charge in [-0.25, -0.2) is 4.99 Å². The molecular formula is C11H21IN2. The van der Waals surface area contributed by atoms with Crippen LogP contribution >= 0.6 is 0 Å². The van der Waals surface area contributed by atoms with Crippen LogP contribution in [-0.4, -0.2) is 17.3 Å². The highest BCUT2D eigenvalue weighted by atomic mass is 127. The first-order valence-corrected chi connectivity index (χ1v) is 4.87. The van der Waals surface area contributed by atoms with Gasteiger partial charge in [0, 0.05) is 31.2 Å². The molecule has 3 heteroatoms. The molecule has 0 saturated heterocycles. The van der Waals surface area contributed by atoms with Crippen LogP contribution in [0.5, 0.6) is 0 Å². The first kappa shape index (κ1) is 13.9. The second-order valence-electron chi connectivity index (χ2n) is 5.44.